The molecule has 21 heavy (non-hydrogen) atoms. The van der Waals surface area contributed by atoms with Crippen molar-refractivity contribution in [3.8, 4) is 16.9 Å². The number of hydrogen-bond donors (Lipinski definition) is 1. The first-order valence-electron chi connectivity index (χ1n) is 6.85. The van der Waals surface area contributed by atoms with Crippen LogP contribution >= 0.6 is 0 Å². The van der Waals surface area contributed by atoms with Crippen molar-refractivity contribution in [1.29, 1.82) is 0 Å². The molecule has 0 spiro atoms. The van der Waals surface area contributed by atoms with Crippen molar-refractivity contribution in [2.45, 2.75) is 27.7 Å². The number of ether oxygens (including phenoxy) is 1. The molecule has 0 aromatic heterocycles. The first-order chi connectivity index (χ1) is 9.85. The molecule has 0 heterocycles. The van der Waals surface area contributed by atoms with E-state index in [4.69, 9.17) is 4.74 Å². The Balaban J connectivity index is 2.70. The second-order valence-corrected chi connectivity index (χ2v) is 5.42. The van der Waals surface area contributed by atoms with Crippen LogP contribution in [0.5, 0.6) is 5.75 Å². The molecule has 0 aliphatic heterocycles. The highest BCUT2D eigenvalue weighted by Gasteiger charge is 2.14. The van der Waals surface area contributed by atoms with Crippen LogP contribution in [0.1, 0.15) is 32.6 Å². The number of aryl methyl sites for hydroxylation is 4. The molecule has 110 valence electrons. The van der Waals surface area contributed by atoms with Gasteiger partial charge < -0.3 is 9.84 Å². The molecule has 0 unspecified atom stereocenters. The molecule has 0 saturated heterocycles. The fourth-order valence-corrected chi connectivity index (χ4v) is 2.67. The number of rotatable bonds is 3. The van der Waals surface area contributed by atoms with Gasteiger partial charge in [0, 0.05) is 0 Å². The lowest BCUT2D eigenvalue weighted by atomic mass is 9.91. The van der Waals surface area contributed by atoms with E-state index in [9.17, 15) is 9.90 Å². The molecular formula is C18H20O3. The minimum Gasteiger partial charge on any atom is -0.496 e. The molecular weight excluding hydrogens is 264 g/mol. The van der Waals surface area contributed by atoms with E-state index in [1.54, 1.807) is 13.2 Å². The minimum atomic E-state index is -0.892. The maximum atomic E-state index is 11.3. The van der Waals surface area contributed by atoms with Crippen LogP contribution < -0.4 is 4.74 Å². The van der Waals surface area contributed by atoms with Gasteiger partial charge in [0.05, 0.1) is 12.7 Å². The third-order valence-corrected chi connectivity index (χ3v) is 3.83. The van der Waals surface area contributed by atoms with Crippen LogP contribution in [0.15, 0.2) is 24.3 Å². The Labute approximate surface area is 125 Å². The van der Waals surface area contributed by atoms with Crippen LogP contribution in [0.2, 0.25) is 0 Å². The Kier molecular flexibility index (Phi) is 4.03. The van der Waals surface area contributed by atoms with Crippen LogP contribution in [0.4, 0.5) is 0 Å². The van der Waals surface area contributed by atoms with Crippen molar-refractivity contribution in [3.63, 3.8) is 0 Å². The van der Waals surface area contributed by atoms with Crippen molar-refractivity contribution >= 4 is 5.97 Å². The number of carboxylic acids is 1. The predicted molar refractivity (Wildman–Crippen MR) is 84.3 cm³/mol. The number of aromatic carboxylic acids is 1. The second kappa shape index (κ2) is 5.60. The summed E-state index contributed by atoms with van der Waals surface area (Å²) < 4.78 is 5.33. The fourth-order valence-electron chi connectivity index (χ4n) is 2.67. The van der Waals surface area contributed by atoms with Crippen LogP contribution in [0.3, 0.4) is 0 Å². The van der Waals surface area contributed by atoms with Gasteiger partial charge in [-0.15, -0.1) is 0 Å². The summed E-state index contributed by atoms with van der Waals surface area (Å²) in [5.74, 6) is -0.0453. The Morgan fingerprint density at radius 3 is 2.00 bits per heavy atom. The third-order valence-electron chi connectivity index (χ3n) is 3.83. The zero-order chi connectivity index (χ0) is 15.7. The lowest BCUT2D eigenvalue weighted by Gasteiger charge is -2.15. The highest BCUT2D eigenvalue weighted by Crippen LogP contribution is 2.33. The van der Waals surface area contributed by atoms with Crippen molar-refractivity contribution in [2.24, 2.45) is 0 Å². The SMILES string of the molecule is COc1cc(C)c(-c2cc(C(=O)O)c(C)cc2C)cc1C. The molecule has 0 atom stereocenters. The minimum absolute atomic E-state index is 0.350. The summed E-state index contributed by atoms with van der Waals surface area (Å²) in [7, 11) is 1.65. The second-order valence-electron chi connectivity index (χ2n) is 5.42. The van der Waals surface area contributed by atoms with E-state index >= 15 is 0 Å². The van der Waals surface area contributed by atoms with Gasteiger partial charge in [0.15, 0.2) is 0 Å². The number of carbonyl (C=O) groups is 1. The molecule has 0 bridgehead atoms. The van der Waals surface area contributed by atoms with E-state index in [1.165, 1.54) is 0 Å². The maximum absolute atomic E-state index is 11.3. The molecule has 0 aliphatic carbocycles. The highest BCUT2D eigenvalue weighted by atomic mass is 16.5. The molecule has 1 N–H and O–H groups in total. The van der Waals surface area contributed by atoms with E-state index in [0.29, 0.717) is 5.56 Å². The first-order valence-corrected chi connectivity index (χ1v) is 6.85. The van der Waals surface area contributed by atoms with Gasteiger partial charge in [-0.1, -0.05) is 6.07 Å². The van der Waals surface area contributed by atoms with E-state index in [2.05, 4.69) is 6.07 Å². The van der Waals surface area contributed by atoms with Crippen LogP contribution in [0.25, 0.3) is 11.1 Å². The summed E-state index contributed by atoms with van der Waals surface area (Å²) in [4.78, 5) is 11.3. The summed E-state index contributed by atoms with van der Waals surface area (Å²) in [6.07, 6.45) is 0. The van der Waals surface area contributed by atoms with Crippen molar-refractivity contribution < 1.29 is 14.6 Å². The van der Waals surface area contributed by atoms with E-state index < -0.39 is 5.97 Å². The summed E-state index contributed by atoms with van der Waals surface area (Å²) in [5.41, 5.74) is 6.32. The zero-order valence-electron chi connectivity index (χ0n) is 13.1. The van der Waals surface area contributed by atoms with Gasteiger partial charge in [-0.25, -0.2) is 4.79 Å². The standard InChI is InChI=1S/C18H20O3/c1-10-6-11(2)16(18(19)20)9-15(10)14-7-13(4)17(21-5)8-12(14)3/h6-9H,1-5H3,(H,19,20). The molecule has 3 heteroatoms. The molecule has 0 amide bonds. The smallest absolute Gasteiger partial charge is 0.335 e. The third kappa shape index (κ3) is 2.77. The van der Waals surface area contributed by atoms with Crippen LogP contribution in [-0.4, -0.2) is 18.2 Å². The van der Waals surface area contributed by atoms with Gasteiger partial charge in [0.2, 0.25) is 0 Å². The van der Waals surface area contributed by atoms with Gasteiger partial charge >= 0.3 is 5.97 Å². The largest absolute Gasteiger partial charge is 0.496 e. The Morgan fingerprint density at radius 1 is 0.857 bits per heavy atom. The van der Waals surface area contributed by atoms with Gasteiger partial charge in [-0.05, 0) is 79.3 Å². The van der Waals surface area contributed by atoms with Crippen molar-refractivity contribution in [1.82, 2.24) is 0 Å². The molecule has 2 rings (SSSR count). The molecule has 0 saturated carbocycles. The normalized spacial score (nSPS) is 10.5. The van der Waals surface area contributed by atoms with Crippen molar-refractivity contribution in [2.75, 3.05) is 7.11 Å². The van der Waals surface area contributed by atoms with Gasteiger partial charge in [0.25, 0.3) is 0 Å². The fraction of sp³-hybridized carbons (Fsp3) is 0.278. The quantitative estimate of drug-likeness (QED) is 0.914. The number of hydrogen-bond acceptors (Lipinski definition) is 2. The molecule has 0 radical (unpaired) electrons. The number of methoxy groups -OCH3 is 1. The van der Waals surface area contributed by atoms with Gasteiger partial charge in [0.1, 0.15) is 5.75 Å². The summed E-state index contributed by atoms with van der Waals surface area (Å²) in [6.45, 7) is 7.83. The Morgan fingerprint density at radius 2 is 1.43 bits per heavy atom. The summed E-state index contributed by atoms with van der Waals surface area (Å²) >= 11 is 0. The highest BCUT2D eigenvalue weighted by molar-refractivity contribution is 5.92. The summed E-state index contributed by atoms with van der Waals surface area (Å²) in [5, 5.41) is 9.31. The molecule has 3 nitrogen and oxygen atoms in total. The van der Waals surface area contributed by atoms with E-state index in [0.717, 1.165) is 39.1 Å². The zero-order valence-corrected chi connectivity index (χ0v) is 13.1. The molecule has 2 aromatic rings. The lowest BCUT2D eigenvalue weighted by Crippen LogP contribution is -2.02. The lowest BCUT2D eigenvalue weighted by molar-refractivity contribution is 0.0696. The Hall–Kier alpha value is -2.29. The number of benzene rings is 2. The average Bonchev–Trinajstić information content (AvgIpc) is 2.41. The molecule has 2 aromatic carbocycles. The predicted octanol–water partition coefficient (Wildman–Crippen LogP) is 4.29. The monoisotopic (exact) mass is 284 g/mol. The number of carboxylic acid groups (broad SMARTS) is 1. The Bertz CT molecular complexity index is 715. The van der Waals surface area contributed by atoms with Crippen LogP contribution in [-0.2, 0) is 0 Å². The van der Waals surface area contributed by atoms with E-state index in [1.807, 2.05) is 39.8 Å². The van der Waals surface area contributed by atoms with Crippen LogP contribution in [0, 0.1) is 27.7 Å². The van der Waals surface area contributed by atoms with E-state index in [-0.39, 0.29) is 0 Å². The van der Waals surface area contributed by atoms with Gasteiger partial charge in [-0.2, -0.15) is 0 Å². The maximum Gasteiger partial charge on any atom is 0.335 e. The van der Waals surface area contributed by atoms with Gasteiger partial charge in [-0.3, -0.25) is 0 Å². The molecule has 0 aliphatic rings. The first kappa shape index (κ1) is 15.1. The summed E-state index contributed by atoms with van der Waals surface area (Å²) in [6, 6.07) is 7.74. The topological polar surface area (TPSA) is 46.5 Å². The average molecular weight is 284 g/mol. The van der Waals surface area contributed by atoms with Crippen molar-refractivity contribution in [3.05, 3.63) is 52.1 Å². The molecule has 0 fully saturated rings.